The van der Waals surface area contributed by atoms with E-state index in [0.717, 1.165) is 6.07 Å². The maximum atomic E-state index is 12.5. The van der Waals surface area contributed by atoms with Crippen molar-refractivity contribution in [1.82, 2.24) is 5.43 Å². The molecule has 0 radical (unpaired) electrons. The molecule has 0 saturated heterocycles. The number of nitrogens with one attached hydrogen (secondary N) is 1. The lowest BCUT2D eigenvalue weighted by Gasteiger charge is -2.09. The molecule has 13 heteroatoms. The Balaban J connectivity index is 1.70. The number of nitro groups is 1. The number of nitro benzene ring substituents is 1. The molecule has 0 unspecified atom stereocenters. The van der Waals surface area contributed by atoms with E-state index in [1.165, 1.54) is 60.8 Å². The van der Waals surface area contributed by atoms with Gasteiger partial charge in [0, 0.05) is 17.7 Å². The first kappa shape index (κ1) is 24.6. The van der Waals surface area contributed by atoms with Gasteiger partial charge < -0.3 is 4.18 Å². The van der Waals surface area contributed by atoms with Gasteiger partial charge in [-0.1, -0.05) is 29.3 Å². The third kappa shape index (κ3) is 6.29. The number of carbonyl (C=O) groups excluding carboxylic acids is 1. The molecule has 0 aliphatic rings. The van der Waals surface area contributed by atoms with Gasteiger partial charge in [0.25, 0.3) is 11.6 Å². The summed E-state index contributed by atoms with van der Waals surface area (Å²) in [6.45, 7) is 0. The number of nitrogens with zero attached hydrogens (tertiary/aromatic N) is 2. The van der Waals surface area contributed by atoms with Crippen molar-refractivity contribution in [1.29, 1.82) is 0 Å². The standard InChI is InChI=1S/C20H12BrCl2N3O6S/c21-16-8-12(11-24-25-20(27)13-5-6-17(22)18(23)9-13)4-7-19(16)32-33(30,31)15-3-1-2-14(10-15)26(28)29/h1-11H,(H,25,27)/b24-11-. The fourth-order valence-electron chi connectivity index (χ4n) is 2.45. The topological polar surface area (TPSA) is 128 Å². The first-order valence-electron chi connectivity index (χ1n) is 8.84. The van der Waals surface area contributed by atoms with Crippen molar-refractivity contribution in [3.05, 3.63) is 96.4 Å². The zero-order chi connectivity index (χ0) is 24.2. The summed E-state index contributed by atoms with van der Waals surface area (Å²) < 4.78 is 30.3. The van der Waals surface area contributed by atoms with Crippen LogP contribution in [0.3, 0.4) is 0 Å². The van der Waals surface area contributed by atoms with Gasteiger partial charge in [0.05, 0.1) is 25.7 Å². The Morgan fingerprint density at radius 1 is 1.09 bits per heavy atom. The summed E-state index contributed by atoms with van der Waals surface area (Å²) >= 11 is 14.9. The maximum absolute atomic E-state index is 12.5. The van der Waals surface area contributed by atoms with Crippen molar-refractivity contribution in [3.8, 4) is 5.75 Å². The van der Waals surface area contributed by atoms with Gasteiger partial charge in [0.15, 0.2) is 5.75 Å². The molecular formula is C20H12BrCl2N3O6S. The molecule has 3 aromatic rings. The first-order chi connectivity index (χ1) is 15.6. The Labute approximate surface area is 206 Å². The molecule has 3 aromatic carbocycles. The monoisotopic (exact) mass is 571 g/mol. The summed E-state index contributed by atoms with van der Waals surface area (Å²) in [5.74, 6) is -0.551. The smallest absolute Gasteiger partial charge is 0.339 e. The highest BCUT2D eigenvalue weighted by atomic mass is 79.9. The largest absolute Gasteiger partial charge is 0.378 e. The van der Waals surface area contributed by atoms with Crippen LogP contribution in [0.15, 0.2) is 75.1 Å². The number of non-ortho nitro benzene ring substituents is 1. The zero-order valence-corrected chi connectivity index (χ0v) is 20.2. The van der Waals surface area contributed by atoms with Crippen molar-refractivity contribution in [2.75, 3.05) is 0 Å². The van der Waals surface area contributed by atoms with Gasteiger partial charge in [-0.05, 0) is 64.0 Å². The van der Waals surface area contributed by atoms with Crippen LogP contribution in [0.25, 0.3) is 0 Å². The van der Waals surface area contributed by atoms with Gasteiger partial charge in [0.2, 0.25) is 0 Å². The lowest BCUT2D eigenvalue weighted by molar-refractivity contribution is -0.385. The van der Waals surface area contributed by atoms with Gasteiger partial charge in [-0.3, -0.25) is 14.9 Å². The van der Waals surface area contributed by atoms with Crippen molar-refractivity contribution < 1.29 is 22.3 Å². The highest BCUT2D eigenvalue weighted by Crippen LogP contribution is 2.29. The second-order valence-electron chi connectivity index (χ2n) is 6.31. The molecule has 33 heavy (non-hydrogen) atoms. The minimum Gasteiger partial charge on any atom is -0.378 e. The molecular weight excluding hydrogens is 561 g/mol. The number of halogens is 3. The number of benzene rings is 3. The van der Waals surface area contributed by atoms with E-state index in [0.29, 0.717) is 10.6 Å². The van der Waals surface area contributed by atoms with Crippen LogP contribution in [0, 0.1) is 10.1 Å². The summed E-state index contributed by atoms with van der Waals surface area (Å²) in [5.41, 5.74) is 2.72. The molecule has 0 atom stereocenters. The lowest BCUT2D eigenvalue weighted by atomic mass is 10.2. The summed E-state index contributed by atoms with van der Waals surface area (Å²) in [6.07, 6.45) is 1.33. The molecule has 170 valence electrons. The van der Waals surface area contributed by atoms with Crippen LogP contribution in [0.1, 0.15) is 15.9 Å². The van der Waals surface area contributed by atoms with Crippen molar-refractivity contribution in [3.63, 3.8) is 0 Å². The van der Waals surface area contributed by atoms with E-state index in [1.54, 1.807) is 0 Å². The molecule has 9 nitrogen and oxygen atoms in total. The molecule has 1 N–H and O–H groups in total. The minimum atomic E-state index is -4.32. The molecule has 0 bridgehead atoms. The predicted octanol–water partition coefficient (Wildman–Crippen LogP) is 5.20. The van der Waals surface area contributed by atoms with Crippen molar-refractivity contribution in [2.45, 2.75) is 4.90 Å². The van der Waals surface area contributed by atoms with Crippen molar-refractivity contribution in [2.24, 2.45) is 5.10 Å². The normalized spacial score (nSPS) is 11.4. The van der Waals surface area contributed by atoms with Gasteiger partial charge in [-0.25, -0.2) is 5.43 Å². The molecule has 1 amide bonds. The number of carbonyl (C=O) groups is 1. The number of amides is 1. The van der Waals surface area contributed by atoms with E-state index < -0.39 is 20.9 Å². The van der Waals surface area contributed by atoms with Crippen LogP contribution in [0.4, 0.5) is 5.69 Å². The Morgan fingerprint density at radius 2 is 1.85 bits per heavy atom. The van der Waals surface area contributed by atoms with E-state index in [2.05, 4.69) is 26.5 Å². The number of rotatable bonds is 7. The second-order valence-corrected chi connectivity index (χ2v) is 9.52. The van der Waals surface area contributed by atoms with E-state index in [1.807, 2.05) is 0 Å². The van der Waals surface area contributed by atoms with Crippen LogP contribution in [0.2, 0.25) is 10.0 Å². The van der Waals surface area contributed by atoms with Crippen LogP contribution < -0.4 is 9.61 Å². The third-order valence-electron chi connectivity index (χ3n) is 4.03. The number of hydrogen-bond acceptors (Lipinski definition) is 7. The first-order valence-corrected chi connectivity index (χ1v) is 11.8. The van der Waals surface area contributed by atoms with Crippen LogP contribution >= 0.6 is 39.1 Å². The van der Waals surface area contributed by atoms with Gasteiger partial charge >= 0.3 is 10.1 Å². The molecule has 0 heterocycles. The second kappa shape index (κ2) is 10.3. The Hall–Kier alpha value is -2.99. The van der Waals surface area contributed by atoms with E-state index >= 15 is 0 Å². The Kier molecular flexibility index (Phi) is 7.69. The summed E-state index contributed by atoms with van der Waals surface area (Å²) in [6, 6.07) is 13.3. The molecule has 0 aliphatic carbocycles. The predicted molar refractivity (Wildman–Crippen MR) is 127 cm³/mol. The minimum absolute atomic E-state index is 0.0431. The zero-order valence-electron chi connectivity index (χ0n) is 16.2. The lowest BCUT2D eigenvalue weighted by Crippen LogP contribution is -2.17. The quantitative estimate of drug-likeness (QED) is 0.179. The van der Waals surface area contributed by atoms with E-state index in [9.17, 15) is 23.3 Å². The number of hydrogen-bond donors (Lipinski definition) is 1. The van der Waals surface area contributed by atoms with Crippen LogP contribution in [-0.2, 0) is 10.1 Å². The fourth-order valence-corrected chi connectivity index (χ4v) is 4.32. The summed E-state index contributed by atoms with van der Waals surface area (Å²) in [5, 5.41) is 15.3. The SMILES string of the molecule is O=C(N/N=C\c1ccc(OS(=O)(=O)c2cccc([N+](=O)[O-])c2)c(Br)c1)c1ccc(Cl)c(Cl)c1. The average molecular weight is 573 g/mol. The van der Waals surface area contributed by atoms with Crippen LogP contribution in [-0.4, -0.2) is 25.5 Å². The highest BCUT2D eigenvalue weighted by Gasteiger charge is 2.21. The highest BCUT2D eigenvalue weighted by molar-refractivity contribution is 9.10. The van der Waals surface area contributed by atoms with Gasteiger partial charge in [0.1, 0.15) is 4.90 Å². The van der Waals surface area contributed by atoms with Gasteiger partial charge in [-0.2, -0.15) is 13.5 Å². The molecule has 0 fully saturated rings. The van der Waals surface area contributed by atoms with E-state index in [4.69, 9.17) is 27.4 Å². The maximum Gasteiger partial charge on any atom is 0.339 e. The molecule has 0 aromatic heterocycles. The average Bonchev–Trinajstić information content (AvgIpc) is 2.77. The Morgan fingerprint density at radius 3 is 2.52 bits per heavy atom. The number of hydrazone groups is 1. The molecule has 3 rings (SSSR count). The molecule has 0 saturated carbocycles. The van der Waals surface area contributed by atoms with Gasteiger partial charge in [-0.15, -0.1) is 0 Å². The summed E-state index contributed by atoms with van der Waals surface area (Å²) in [4.78, 5) is 21.9. The third-order valence-corrected chi connectivity index (χ3v) is 6.62. The van der Waals surface area contributed by atoms with E-state index in [-0.39, 0.29) is 31.4 Å². The molecule has 0 spiro atoms. The summed E-state index contributed by atoms with van der Waals surface area (Å²) in [7, 11) is -4.32. The van der Waals surface area contributed by atoms with Crippen molar-refractivity contribution >= 4 is 67.1 Å². The molecule has 0 aliphatic heterocycles. The van der Waals surface area contributed by atoms with Crippen LogP contribution in [0.5, 0.6) is 5.75 Å². The Bertz CT molecular complexity index is 1380. The fraction of sp³-hybridized carbons (Fsp3) is 0.